The highest BCUT2D eigenvalue weighted by atomic mass is 35.5. The number of carbonyl (C=O) groups excluding carboxylic acids is 1. The monoisotopic (exact) mass is 387 g/mol. The molecular formula is C20H22ClN3O3. The first-order valence-corrected chi connectivity index (χ1v) is 9.14. The lowest BCUT2D eigenvalue weighted by Gasteiger charge is -2.28. The number of anilines is 2. The molecule has 1 saturated heterocycles. The second kappa shape index (κ2) is 9.39. The van der Waals surface area contributed by atoms with E-state index in [0.717, 1.165) is 43.1 Å². The Morgan fingerprint density at radius 2 is 2.00 bits per heavy atom. The van der Waals surface area contributed by atoms with Gasteiger partial charge in [0.05, 0.1) is 19.4 Å². The molecular weight excluding hydrogens is 366 g/mol. The smallest absolute Gasteiger partial charge is 0.265 e. The average molecular weight is 388 g/mol. The van der Waals surface area contributed by atoms with Gasteiger partial charge in [0.2, 0.25) is 0 Å². The second-order valence-electron chi connectivity index (χ2n) is 6.21. The molecule has 2 aromatic carbocycles. The first-order chi connectivity index (χ1) is 13.1. The lowest BCUT2D eigenvalue weighted by atomic mass is 10.2. The topological polar surface area (TPSA) is 63.2 Å². The predicted molar refractivity (Wildman–Crippen MR) is 108 cm³/mol. The molecule has 1 heterocycles. The van der Waals surface area contributed by atoms with Crippen molar-refractivity contribution in [2.75, 3.05) is 43.1 Å². The molecule has 1 N–H and O–H groups in total. The summed E-state index contributed by atoms with van der Waals surface area (Å²) in [5.41, 5.74) is 3.64. The van der Waals surface area contributed by atoms with Crippen LogP contribution in [0.5, 0.6) is 0 Å². The number of carbonyl (C=O) groups is 1. The van der Waals surface area contributed by atoms with Gasteiger partial charge in [-0.3, -0.25) is 4.79 Å². The van der Waals surface area contributed by atoms with Crippen LogP contribution in [0.1, 0.15) is 11.1 Å². The van der Waals surface area contributed by atoms with E-state index in [1.807, 2.05) is 37.3 Å². The maximum Gasteiger partial charge on any atom is 0.265 e. The van der Waals surface area contributed by atoms with Crippen LogP contribution in [0.3, 0.4) is 0 Å². The van der Waals surface area contributed by atoms with Gasteiger partial charge in [0.15, 0.2) is 6.61 Å². The Labute approximate surface area is 163 Å². The highest BCUT2D eigenvalue weighted by molar-refractivity contribution is 6.31. The Bertz CT molecular complexity index is 803. The number of rotatable bonds is 6. The molecule has 3 rings (SSSR count). The second-order valence-corrected chi connectivity index (χ2v) is 6.62. The fourth-order valence-electron chi connectivity index (χ4n) is 2.65. The number of hydrogen-bond donors (Lipinski definition) is 1. The van der Waals surface area contributed by atoms with Crippen molar-refractivity contribution in [3.05, 3.63) is 58.6 Å². The number of aryl methyl sites for hydroxylation is 1. The minimum atomic E-state index is -0.297. The standard InChI is InChI=1S/C20H22ClN3O3/c1-15-2-5-17(12-19(15)21)23-20(25)14-27-22-13-16-3-6-18(7-4-16)24-8-10-26-11-9-24/h2-7,12-13H,8-11,14H2,1H3,(H,23,25). The zero-order valence-corrected chi connectivity index (χ0v) is 15.9. The molecule has 0 atom stereocenters. The first-order valence-electron chi connectivity index (χ1n) is 8.76. The Balaban J connectivity index is 1.44. The number of ether oxygens (including phenoxy) is 1. The molecule has 0 unspecified atom stereocenters. The van der Waals surface area contributed by atoms with E-state index in [-0.39, 0.29) is 12.5 Å². The van der Waals surface area contributed by atoms with Crippen LogP contribution in [-0.4, -0.2) is 45.0 Å². The van der Waals surface area contributed by atoms with Crippen LogP contribution >= 0.6 is 11.6 Å². The summed E-state index contributed by atoms with van der Waals surface area (Å²) < 4.78 is 5.36. The van der Waals surface area contributed by atoms with Crippen LogP contribution in [0.25, 0.3) is 0 Å². The molecule has 142 valence electrons. The normalized spacial score (nSPS) is 14.4. The van der Waals surface area contributed by atoms with Gasteiger partial charge in [-0.05, 0) is 42.3 Å². The third-order valence-electron chi connectivity index (χ3n) is 4.20. The molecule has 0 aromatic heterocycles. The molecule has 0 radical (unpaired) electrons. The fraction of sp³-hybridized carbons (Fsp3) is 0.300. The van der Waals surface area contributed by atoms with Gasteiger partial charge in [-0.25, -0.2) is 0 Å². The van der Waals surface area contributed by atoms with Gasteiger partial charge in [-0.1, -0.05) is 35.0 Å². The Morgan fingerprint density at radius 1 is 1.26 bits per heavy atom. The van der Waals surface area contributed by atoms with E-state index in [1.54, 1.807) is 18.3 Å². The zero-order valence-electron chi connectivity index (χ0n) is 15.2. The number of halogens is 1. The van der Waals surface area contributed by atoms with Gasteiger partial charge in [-0.15, -0.1) is 0 Å². The van der Waals surface area contributed by atoms with Gasteiger partial charge in [0.25, 0.3) is 5.91 Å². The van der Waals surface area contributed by atoms with Crippen LogP contribution in [0.15, 0.2) is 47.6 Å². The summed E-state index contributed by atoms with van der Waals surface area (Å²) in [6.07, 6.45) is 1.58. The summed E-state index contributed by atoms with van der Waals surface area (Å²) in [5, 5.41) is 7.17. The minimum Gasteiger partial charge on any atom is -0.386 e. The third kappa shape index (κ3) is 5.70. The van der Waals surface area contributed by atoms with E-state index in [9.17, 15) is 4.79 Å². The minimum absolute atomic E-state index is 0.173. The summed E-state index contributed by atoms with van der Waals surface area (Å²) in [6, 6.07) is 13.4. The molecule has 2 aromatic rings. The van der Waals surface area contributed by atoms with E-state index in [4.69, 9.17) is 21.2 Å². The highest BCUT2D eigenvalue weighted by Crippen LogP contribution is 2.20. The van der Waals surface area contributed by atoms with Crippen LogP contribution < -0.4 is 10.2 Å². The summed E-state index contributed by atoms with van der Waals surface area (Å²) in [4.78, 5) is 19.2. The van der Waals surface area contributed by atoms with E-state index in [1.165, 1.54) is 0 Å². The summed E-state index contributed by atoms with van der Waals surface area (Å²) in [5.74, 6) is -0.297. The van der Waals surface area contributed by atoms with Gasteiger partial charge in [-0.2, -0.15) is 0 Å². The van der Waals surface area contributed by atoms with Crippen molar-refractivity contribution in [3.8, 4) is 0 Å². The van der Waals surface area contributed by atoms with Gasteiger partial charge in [0, 0.05) is 29.5 Å². The Morgan fingerprint density at radius 3 is 2.70 bits per heavy atom. The molecule has 1 amide bonds. The Kier molecular flexibility index (Phi) is 6.68. The molecule has 1 aliphatic heterocycles. The maximum absolute atomic E-state index is 11.9. The van der Waals surface area contributed by atoms with Crippen LogP contribution in [0, 0.1) is 6.92 Å². The SMILES string of the molecule is Cc1ccc(NC(=O)CON=Cc2ccc(N3CCOCC3)cc2)cc1Cl. The highest BCUT2D eigenvalue weighted by Gasteiger charge is 2.10. The fourth-order valence-corrected chi connectivity index (χ4v) is 2.84. The number of hydrogen-bond acceptors (Lipinski definition) is 5. The largest absolute Gasteiger partial charge is 0.386 e. The van der Waals surface area contributed by atoms with Crippen molar-refractivity contribution in [1.29, 1.82) is 0 Å². The number of morpholine rings is 1. The van der Waals surface area contributed by atoms with Gasteiger partial charge < -0.3 is 19.8 Å². The van der Waals surface area contributed by atoms with E-state index in [2.05, 4.69) is 15.4 Å². The lowest BCUT2D eigenvalue weighted by Crippen LogP contribution is -2.36. The Hall–Kier alpha value is -2.57. The number of oxime groups is 1. The van der Waals surface area contributed by atoms with Crippen molar-refractivity contribution in [1.82, 2.24) is 0 Å². The zero-order chi connectivity index (χ0) is 19.1. The average Bonchev–Trinajstić information content (AvgIpc) is 2.69. The van der Waals surface area contributed by atoms with Gasteiger partial charge in [0.1, 0.15) is 0 Å². The molecule has 0 spiro atoms. The predicted octanol–water partition coefficient (Wildman–Crippen LogP) is 3.47. The van der Waals surface area contributed by atoms with Gasteiger partial charge >= 0.3 is 0 Å². The van der Waals surface area contributed by atoms with Crippen LogP contribution in [0.4, 0.5) is 11.4 Å². The number of amides is 1. The van der Waals surface area contributed by atoms with Crippen LogP contribution in [-0.2, 0) is 14.4 Å². The molecule has 27 heavy (non-hydrogen) atoms. The number of nitrogens with zero attached hydrogens (tertiary/aromatic N) is 2. The van der Waals surface area contributed by atoms with Crippen molar-refractivity contribution in [2.45, 2.75) is 6.92 Å². The van der Waals surface area contributed by atoms with E-state index >= 15 is 0 Å². The van der Waals surface area contributed by atoms with Crippen LogP contribution in [0.2, 0.25) is 5.02 Å². The van der Waals surface area contributed by atoms with E-state index < -0.39 is 0 Å². The molecule has 0 aliphatic carbocycles. The van der Waals surface area contributed by atoms with Crippen molar-refractivity contribution in [2.24, 2.45) is 5.16 Å². The molecule has 0 saturated carbocycles. The van der Waals surface area contributed by atoms with Crippen molar-refractivity contribution >= 4 is 35.1 Å². The van der Waals surface area contributed by atoms with Crippen molar-refractivity contribution < 1.29 is 14.4 Å². The quantitative estimate of drug-likeness (QED) is 0.609. The first kappa shape index (κ1) is 19.2. The summed E-state index contributed by atoms with van der Waals surface area (Å²) in [7, 11) is 0. The molecule has 1 aliphatic rings. The number of nitrogens with one attached hydrogen (secondary N) is 1. The molecule has 6 nitrogen and oxygen atoms in total. The summed E-state index contributed by atoms with van der Waals surface area (Å²) in [6.45, 7) is 5.05. The van der Waals surface area contributed by atoms with Crippen molar-refractivity contribution in [3.63, 3.8) is 0 Å². The third-order valence-corrected chi connectivity index (χ3v) is 4.60. The number of benzene rings is 2. The molecule has 0 bridgehead atoms. The maximum atomic E-state index is 11.9. The lowest BCUT2D eigenvalue weighted by molar-refractivity contribution is -0.120. The summed E-state index contributed by atoms with van der Waals surface area (Å²) >= 11 is 6.04. The molecule has 1 fully saturated rings. The van der Waals surface area contributed by atoms with E-state index in [0.29, 0.717) is 10.7 Å². The molecule has 7 heteroatoms.